The fourth-order valence-corrected chi connectivity index (χ4v) is 5.40. The van der Waals surface area contributed by atoms with Crippen LogP contribution in [0.2, 0.25) is 5.02 Å². The molecule has 188 valence electrons. The number of halogens is 1. The van der Waals surface area contributed by atoms with E-state index >= 15 is 0 Å². The minimum absolute atomic E-state index is 0.0763. The number of thiazole rings is 1. The fraction of sp³-hybridized carbons (Fsp3) is 0.417. The van der Waals surface area contributed by atoms with Crippen molar-refractivity contribution in [3.05, 3.63) is 45.4 Å². The third-order valence-corrected chi connectivity index (χ3v) is 7.64. The molecule has 2 atom stereocenters. The molecule has 10 nitrogen and oxygen atoms in total. The first kappa shape index (κ1) is 25.8. The molecular weight excluding hydrogens is 504 g/mol. The minimum atomic E-state index is -1.08. The summed E-state index contributed by atoms with van der Waals surface area (Å²) in [6.45, 7) is 5.30. The zero-order valence-corrected chi connectivity index (χ0v) is 21.4. The number of H-pyrrole nitrogens is 1. The van der Waals surface area contributed by atoms with E-state index in [1.807, 2.05) is 17.9 Å². The van der Waals surface area contributed by atoms with E-state index in [2.05, 4.69) is 19.9 Å². The van der Waals surface area contributed by atoms with Crippen LogP contribution in [0.1, 0.15) is 57.6 Å². The third kappa shape index (κ3) is 5.26. The number of carbonyl (C=O) groups excluding carboxylic acids is 1. The molecule has 1 aliphatic heterocycles. The van der Waals surface area contributed by atoms with Gasteiger partial charge in [-0.2, -0.15) is 5.26 Å². The number of piperidine rings is 1. The maximum atomic E-state index is 13.1. The zero-order valence-electron chi connectivity index (χ0n) is 19.8. The number of aromatic nitrogens is 4. The lowest BCUT2D eigenvalue weighted by Gasteiger charge is -2.38. The summed E-state index contributed by atoms with van der Waals surface area (Å²) in [7, 11) is 0. The van der Waals surface area contributed by atoms with Crippen molar-refractivity contribution in [1.82, 2.24) is 19.9 Å². The number of carbonyl (C=O) groups is 2. The maximum Gasteiger partial charge on any atom is 0.348 e. The number of hydrogen-bond donors (Lipinski definition) is 2. The van der Waals surface area contributed by atoms with Gasteiger partial charge in [0.05, 0.1) is 22.9 Å². The van der Waals surface area contributed by atoms with Crippen molar-refractivity contribution in [3.63, 3.8) is 0 Å². The molecule has 3 aromatic rings. The van der Waals surface area contributed by atoms with E-state index in [4.69, 9.17) is 16.3 Å². The number of nitrogens with one attached hydrogen (secondary N) is 1. The highest BCUT2D eigenvalue weighted by molar-refractivity contribution is 7.17. The number of aromatic carboxylic acids is 1. The van der Waals surface area contributed by atoms with Gasteiger partial charge in [-0.05, 0) is 25.7 Å². The van der Waals surface area contributed by atoms with Gasteiger partial charge in [0, 0.05) is 44.2 Å². The molecule has 0 spiro atoms. The van der Waals surface area contributed by atoms with E-state index < -0.39 is 5.97 Å². The molecule has 0 bridgehead atoms. The molecule has 12 heteroatoms. The summed E-state index contributed by atoms with van der Waals surface area (Å²) in [6, 6.07) is 2.02. The highest BCUT2D eigenvalue weighted by Crippen LogP contribution is 2.36. The number of aryl methyl sites for hydroxylation is 1. The summed E-state index contributed by atoms with van der Waals surface area (Å²) in [6.07, 6.45) is 5.89. The van der Waals surface area contributed by atoms with Gasteiger partial charge in [0.15, 0.2) is 10.9 Å². The minimum Gasteiger partial charge on any atom is -0.477 e. The Balaban J connectivity index is 1.55. The van der Waals surface area contributed by atoms with Crippen molar-refractivity contribution < 1.29 is 19.4 Å². The van der Waals surface area contributed by atoms with Crippen molar-refractivity contribution in [2.45, 2.75) is 39.2 Å². The standard InChI is InChI=1S/C24H25ClN6O4S/c1-3-8-35-18-12-31(24-30-21(22(36-24)23(33)34)16-11-27-5-6-28-16)7-4-14(18)9-17(32)20-15(10-26)19(25)13(2)29-20/h5-6,11,14,18,29H,3-4,7-9,12H2,1-2H3,(H,33,34)/t14-,18-/m0/s1. The van der Waals surface area contributed by atoms with Crippen molar-refractivity contribution in [2.24, 2.45) is 5.92 Å². The summed E-state index contributed by atoms with van der Waals surface area (Å²) >= 11 is 7.26. The van der Waals surface area contributed by atoms with Gasteiger partial charge >= 0.3 is 5.97 Å². The van der Waals surface area contributed by atoms with Gasteiger partial charge in [0.2, 0.25) is 0 Å². The molecule has 0 amide bonds. The van der Waals surface area contributed by atoms with E-state index in [0.717, 1.165) is 17.8 Å². The molecule has 4 heterocycles. The molecule has 4 rings (SSSR count). The Morgan fingerprint density at radius 1 is 1.42 bits per heavy atom. The first-order valence-corrected chi connectivity index (χ1v) is 12.7. The Kier molecular flexibility index (Phi) is 7.98. The van der Waals surface area contributed by atoms with Crippen LogP contribution in [-0.2, 0) is 4.74 Å². The van der Waals surface area contributed by atoms with Gasteiger partial charge in [0.25, 0.3) is 0 Å². The van der Waals surface area contributed by atoms with E-state index in [0.29, 0.717) is 42.6 Å². The van der Waals surface area contributed by atoms with E-state index in [1.165, 1.54) is 18.6 Å². The Labute approximate surface area is 216 Å². The first-order chi connectivity index (χ1) is 17.3. The number of Topliss-reactive ketones (excluding diaryl/α,β-unsaturated/α-hetero) is 1. The number of hydrogen-bond acceptors (Lipinski definition) is 9. The predicted octanol–water partition coefficient (Wildman–Crippen LogP) is 4.35. The fourth-order valence-electron chi connectivity index (χ4n) is 4.27. The largest absolute Gasteiger partial charge is 0.477 e. The summed E-state index contributed by atoms with van der Waals surface area (Å²) in [4.78, 5) is 42.9. The number of aromatic amines is 1. The van der Waals surface area contributed by atoms with Crippen LogP contribution in [0.25, 0.3) is 11.4 Å². The average Bonchev–Trinajstić information content (AvgIpc) is 3.45. The van der Waals surface area contributed by atoms with Crippen molar-refractivity contribution in [1.29, 1.82) is 5.26 Å². The topological polar surface area (TPSA) is 145 Å². The summed E-state index contributed by atoms with van der Waals surface area (Å²) < 4.78 is 6.13. The van der Waals surface area contributed by atoms with Crippen LogP contribution in [0.4, 0.5) is 5.13 Å². The average molecular weight is 529 g/mol. The molecule has 2 N–H and O–H groups in total. The summed E-state index contributed by atoms with van der Waals surface area (Å²) in [5, 5.41) is 20.0. The Bertz CT molecular complexity index is 1300. The number of nitriles is 1. The Morgan fingerprint density at radius 3 is 2.89 bits per heavy atom. The lowest BCUT2D eigenvalue weighted by Crippen LogP contribution is -2.46. The second kappa shape index (κ2) is 11.2. The van der Waals surface area contributed by atoms with E-state index in [-0.39, 0.29) is 51.1 Å². The van der Waals surface area contributed by atoms with Crippen LogP contribution < -0.4 is 4.90 Å². The number of carboxylic acid groups (broad SMARTS) is 1. The third-order valence-electron chi connectivity index (χ3n) is 6.07. The van der Waals surface area contributed by atoms with Gasteiger partial charge in [-0.1, -0.05) is 29.9 Å². The molecule has 0 saturated carbocycles. The molecule has 0 radical (unpaired) electrons. The number of ether oxygens (including phenoxy) is 1. The molecule has 0 aromatic carbocycles. The monoisotopic (exact) mass is 528 g/mol. The van der Waals surface area contributed by atoms with E-state index in [9.17, 15) is 20.0 Å². The molecule has 1 fully saturated rings. The second-order valence-corrected chi connectivity index (χ2v) is 9.88. The normalized spacial score (nSPS) is 17.7. The highest BCUT2D eigenvalue weighted by Gasteiger charge is 2.35. The smallest absolute Gasteiger partial charge is 0.348 e. The van der Waals surface area contributed by atoms with E-state index in [1.54, 1.807) is 6.92 Å². The van der Waals surface area contributed by atoms with Crippen LogP contribution >= 0.6 is 22.9 Å². The maximum absolute atomic E-state index is 13.1. The predicted molar refractivity (Wildman–Crippen MR) is 135 cm³/mol. The van der Waals surface area contributed by atoms with Crippen LogP contribution in [0.15, 0.2) is 18.6 Å². The number of rotatable bonds is 9. The quantitative estimate of drug-likeness (QED) is 0.387. The molecule has 0 aliphatic carbocycles. The number of anilines is 1. The van der Waals surface area contributed by atoms with Crippen LogP contribution in [-0.4, -0.2) is 62.6 Å². The van der Waals surface area contributed by atoms with Crippen LogP contribution in [0.5, 0.6) is 0 Å². The van der Waals surface area contributed by atoms with Crippen LogP contribution in [0, 0.1) is 24.2 Å². The molecule has 36 heavy (non-hydrogen) atoms. The number of carboxylic acids is 1. The van der Waals surface area contributed by atoms with Gasteiger partial charge in [-0.25, -0.2) is 9.78 Å². The highest BCUT2D eigenvalue weighted by atomic mass is 35.5. The van der Waals surface area contributed by atoms with Gasteiger partial charge in [-0.15, -0.1) is 0 Å². The lowest BCUT2D eigenvalue weighted by atomic mass is 9.88. The van der Waals surface area contributed by atoms with Gasteiger partial charge < -0.3 is 19.7 Å². The molecule has 3 aromatic heterocycles. The lowest BCUT2D eigenvalue weighted by molar-refractivity contribution is 0.00383. The van der Waals surface area contributed by atoms with Crippen molar-refractivity contribution in [2.75, 3.05) is 24.6 Å². The first-order valence-electron chi connectivity index (χ1n) is 11.5. The summed E-state index contributed by atoms with van der Waals surface area (Å²) in [5.41, 5.74) is 1.66. The summed E-state index contributed by atoms with van der Waals surface area (Å²) in [5.74, 6) is -1.34. The van der Waals surface area contributed by atoms with Gasteiger partial charge in [0.1, 0.15) is 28.0 Å². The second-order valence-electron chi connectivity index (χ2n) is 8.53. The Morgan fingerprint density at radius 2 is 2.22 bits per heavy atom. The molecule has 1 saturated heterocycles. The zero-order chi connectivity index (χ0) is 25.8. The van der Waals surface area contributed by atoms with Crippen LogP contribution in [0.3, 0.4) is 0 Å². The Hall–Kier alpha value is -3.33. The van der Waals surface area contributed by atoms with Crippen molar-refractivity contribution in [3.8, 4) is 17.5 Å². The van der Waals surface area contributed by atoms with Gasteiger partial charge in [-0.3, -0.25) is 14.8 Å². The number of ketones is 1. The molecule has 1 aliphatic rings. The SMILES string of the molecule is CCCO[C@H]1CN(c2nc(-c3cnccn3)c(C(=O)O)s2)CC[C@H]1CC(=O)c1[nH]c(C)c(Cl)c1C#N. The van der Waals surface area contributed by atoms with Crippen molar-refractivity contribution >= 4 is 39.8 Å². The number of nitrogens with zero attached hydrogens (tertiary/aromatic N) is 5. The molecular formula is C24H25ClN6O4S. The molecule has 0 unspecified atom stereocenters.